The van der Waals surface area contributed by atoms with Crippen LogP contribution in [0.3, 0.4) is 0 Å². The molecule has 21 heavy (non-hydrogen) atoms. The van der Waals surface area contributed by atoms with E-state index in [0.29, 0.717) is 31.0 Å². The first-order chi connectivity index (χ1) is 10.2. The molecule has 0 unspecified atom stereocenters. The normalized spacial score (nSPS) is 13.9. The Morgan fingerprint density at radius 1 is 1.05 bits per heavy atom. The van der Waals surface area contributed by atoms with Crippen LogP contribution in [-0.4, -0.2) is 13.2 Å². The zero-order valence-electron chi connectivity index (χ0n) is 11.1. The molecule has 0 aromatic heterocycles. The van der Waals surface area contributed by atoms with Crippen LogP contribution in [0.1, 0.15) is 12.0 Å². The summed E-state index contributed by atoms with van der Waals surface area (Å²) in [6, 6.07) is 11.6. The van der Waals surface area contributed by atoms with E-state index in [-0.39, 0.29) is 11.3 Å². The average Bonchev–Trinajstić information content (AvgIpc) is 2.72. The minimum Gasteiger partial charge on any atom is -0.491 e. The van der Waals surface area contributed by atoms with Crippen molar-refractivity contribution in [3.8, 4) is 11.8 Å². The van der Waals surface area contributed by atoms with Crippen molar-refractivity contribution in [3.05, 3.63) is 53.6 Å². The topological polar surface area (TPSA) is 36.3 Å². The molecule has 2 aromatic rings. The van der Waals surface area contributed by atoms with Crippen molar-refractivity contribution in [2.24, 2.45) is 0 Å². The van der Waals surface area contributed by atoms with Gasteiger partial charge in [-0.3, -0.25) is 0 Å². The van der Waals surface area contributed by atoms with Crippen LogP contribution < -0.4 is 9.64 Å². The fraction of sp³-hybridized carbons (Fsp3) is 0.188. The molecule has 0 radical (unpaired) electrons. The first-order valence-electron chi connectivity index (χ1n) is 6.60. The van der Waals surface area contributed by atoms with Crippen LogP contribution in [0.4, 0.5) is 20.2 Å². The third-order valence-electron chi connectivity index (χ3n) is 3.41. The Labute approximate surface area is 121 Å². The van der Waals surface area contributed by atoms with Crippen molar-refractivity contribution in [2.75, 3.05) is 18.1 Å². The fourth-order valence-corrected chi connectivity index (χ4v) is 2.41. The quantitative estimate of drug-likeness (QED) is 0.801. The number of para-hydroxylation sites is 2. The van der Waals surface area contributed by atoms with Crippen LogP contribution in [-0.2, 0) is 0 Å². The Hall–Kier alpha value is -2.61. The molecule has 0 fully saturated rings. The number of ether oxygens (including phenoxy) is 1. The summed E-state index contributed by atoms with van der Waals surface area (Å²) in [5.41, 5.74) is 0.512. The van der Waals surface area contributed by atoms with E-state index in [9.17, 15) is 8.78 Å². The van der Waals surface area contributed by atoms with Gasteiger partial charge in [0.15, 0.2) is 11.6 Å². The number of nitrogens with zero attached hydrogens (tertiary/aromatic N) is 2. The number of fused-ring (bicyclic) bond motifs is 1. The SMILES string of the molecule is N#Cc1ccc(N2CCCOc3ccccc32)c(F)c1F. The molecule has 0 bridgehead atoms. The Balaban J connectivity index is 2.13. The highest BCUT2D eigenvalue weighted by Gasteiger charge is 2.23. The molecule has 0 atom stereocenters. The molecule has 3 rings (SSSR count). The minimum absolute atomic E-state index is 0.115. The Kier molecular flexibility index (Phi) is 3.44. The Bertz CT molecular complexity index is 725. The fourth-order valence-electron chi connectivity index (χ4n) is 2.41. The summed E-state index contributed by atoms with van der Waals surface area (Å²) in [4.78, 5) is 1.68. The summed E-state index contributed by atoms with van der Waals surface area (Å²) < 4.78 is 33.7. The van der Waals surface area contributed by atoms with Crippen molar-refractivity contribution in [1.82, 2.24) is 0 Å². The van der Waals surface area contributed by atoms with Gasteiger partial charge in [-0.2, -0.15) is 5.26 Å². The maximum atomic E-state index is 14.3. The zero-order chi connectivity index (χ0) is 14.8. The van der Waals surface area contributed by atoms with Gasteiger partial charge in [-0.05, 0) is 30.7 Å². The standard InChI is InChI=1S/C16H12F2N2O/c17-15-11(10-19)6-7-13(16(15)18)20-8-3-9-21-14-5-2-1-4-12(14)20/h1-2,4-7H,3,8-9H2. The van der Waals surface area contributed by atoms with Gasteiger partial charge >= 0.3 is 0 Å². The highest BCUT2D eigenvalue weighted by molar-refractivity contribution is 5.70. The molecular formula is C16H12F2N2O. The van der Waals surface area contributed by atoms with E-state index < -0.39 is 11.6 Å². The van der Waals surface area contributed by atoms with Crippen LogP contribution in [0.15, 0.2) is 36.4 Å². The summed E-state index contributed by atoms with van der Waals surface area (Å²) >= 11 is 0. The lowest BCUT2D eigenvalue weighted by Crippen LogP contribution is -2.19. The van der Waals surface area contributed by atoms with Gasteiger partial charge in [0.2, 0.25) is 0 Å². The average molecular weight is 286 g/mol. The summed E-state index contributed by atoms with van der Waals surface area (Å²) in [6.07, 6.45) is 0.690. The summed E-state index contributed by atoms with van der Waals surface area (Å²) in [7, 11) is 0. The van der Waals surface area contributed by atoms with Crippen molar-refractivity contribution < 1.29 is 13.5 Å². The maximum absolute atomic E-state index is 14.3. The van der Waals surface area contributed by atoms with Crippen molar-refractivity contribution in [2.45, 2.75) is 6.42 Å². The number of benzene rings is 2. The minimum atomic E-state index is -1.11. The molecule has 0 spiro atoms. The lowest BCUT2D eigenvalue weighted by molar-refractivity contribution is 0.322. The van der Waals surface area contributed by atoms with E-state index in [2.05, 4.69) is 0 Å². The highest BCUT2D eigenvalue weighted by atomic mass is 19.2. The third kappa shape index (κ3) is 2.29. The first-order valence-corrected chi connectivity index (χ1v) is 6.60. The molecule has 3 nitrogen and oxygen atoms in total. The van der Waals surface area contributed by atoms with E-state index in [0.717, 1.165) is 0 Å². The molecule has 1 heterocycles. The van der Waals surface area contributed by atoms with Gasteiger partial charge in [-0.15, -0.1) is 0 Å². The van der Waals surface area contributed by atoms with E-state index in [4.69, 9.17) is 10.00 Å². The van der Waals surface area contributed by atoms with Crippen LogP contribution in [0, 0.1) is 23.0 Å². The number of anilines is 2. The number of nitriles is 1. The molecule has 0 saturated carbocycles. The number of hydrogen-bond acceptors (Lipinski definition) is 3. The second kappa shape index (κ2) is 5.41. The number of rotatable bonds is 1. The molecule has 0 N–H and O–H groups in total. The predicted molar refractivity (Wildman–Crippen MR) is 74.6 cm³/mol. The molecular weight excluding hydrogens is 274 g/mol. The van der Waals surface area contributed by atoms with Crippen molar-refractivity contribution in [3.63, 3.8) is 0 Å². The summed E-state index contributed by atoms with van der Waals surface area (Å²) in [6.45, 7) is 1.03. The predicted octanol–water partition coefficient (Wildman–Crippen LogP) is 3.76. The van der Waals surface area contributed by atoms with Crippen LogP contribution in [0.2, 0.25) is 0 Å². The molecule has 0 aliphatic carbocycles. The highest BCUT2D eigenvalue weighted by Crippen LogP contribution is 2.37. The smallest absolute Gasteiger partial charge is 0.183 e. The molecule has 1 aliphatic rings. The molecule has 1 aliphatic heterocycles. The van der Waals surface area contributed by atoms with Gasteiger partial charge in [-0.25, -0.2) is 8.78 Å². The van der Waals surface area contributed by atoms with Gasteiger partial charge in [0.25, 0.3) is 0 Å². The number of hydrogen-bond donors (Lipinski definition) is 0. The zero-order valence-corrected chi connectivity index (χ0v) is 11.1. The second-order valence-corrected chi connectivity index (χ2v) is 4.69. The maximum Gasteiger partial charge on any atom is 0.183 e. The molecule has 5 heteroatoms. The molecule has 2 aromatic carbocycles. The van der Waals surface area contributed by atoms with Crippen molar-refractivity contribution >= 4 is 11.4 Å². The van der Waals surface area contributed by atoms with Crippen LogP contribution >= 0.6 is 0 Å². The monoisotopic (exact) mass is 286 g/mol. The van der Waals surface area contributed by atoms with E-state index in [1.165, 1.54) is 12.1 Å². The van der Waals surface area contributed by atoms with Gasteiger partial charge in [0.1, 0.15) is 11.8 Å². The molecule has 0 amide bonds. The van der Waals surface area contributed by atoms with Gasteiger partial charge in [0.05, 0.1) is 23.5 Å². The second-order valence-electron chi connectivity index (χ2n) is 4.69. The summed E-state index contributed by atoms with van der Waals surface area (Å²) in [5.74, 6) is -1.48. The van der Waals surface area contributed by atoms with Gasteiger partial charge < -0.3 is 9.64 Å². The Morgan fingerprint density at radius 2 is 1.86 bits per heavy atom. The van der Waals surface area contributed by atoms with E-state index >= 15 is 0 Å². The van der Waals surface area contributed by atoms with Crippen LogP contribution in [0.25, 0.3) is 0 Å². The lowest BCUT2D eigenvalue weighted by Gasteiger charge is -2.24. The number of halogens is 2. The Morgan fingerprint density at radius 3 is 2.67 bits per heavy atom. The van der Waals surface area contributed by atoms with E-state index in [1.807, 2.05) is 12.1 Å². The van der Waals surface area contributed by atoms with E-state index in [1.54, 1.807) is 23.1 Å². The van der Waals surface area contributed by atoms with Gasteiger partial charge in [-0.1, -0.05) is 12.1 Å². The lowest BCUT2D eigenvalue weighted by atomic mass is 10.1. The largest absolute Gasteiger partial charge is 0.491 e. The van der Waals surface area contributed by atoms with Crippen molar-refractivity contribution in [1.29, 1.82) is 5.26 Å². The summed E-state index contributed by atoms with van der Waals surface area (Å²) in [5, 5.41) is 8.76. The third-order valence-corrected chi connectivity index (χ3v) is 3.41. The molecule has 0 saturated heterocycles. The van der Waals surface area contributed by atoms with Gasteiger partial charge in [0, 0.05) is 6.54 Å². The molecule has 106 valence electrons. The van der Waals surface area contributed by atoms with Crippen LogP contribution in [0.5, 0.6) is 5.75 Å². The first kappa shape index (κ1) is 13.4.